The molecule has 0 bridgehead atoms. The molecule has 0 heterocycles. The predicted octanol–water partition coefficient (Wildman–Crippen LogP) is 8.08. The zero-order valence-electron chi connectivity index (χ0n) is 17.8. The van der Waals surface area contributed by atoms with Crippen molar-refractivity contribution in [3.05, 3.63) is 126 Å². The Labute approximate surface area is 191 Å². The highest BCUT2D eigenvalue weighted by molar-refractivity contribution is 6.22. The number of aliphatic hydroxyl groups is 1. The quantitative estimate of drug-likeness (QED) is 0.135. The van der Waals surface area contributed by atoms with Crippen LogP contribution in [0, 0.1) is 0 Å². The summed E-state index contributed by atoms with van der Waals surface area (Å²) in [6.45, 7) is 0. The molecule has 6 aromatic carbocycles. The van der Waals surface area contributed by atoms with Gasteiger partial charge < -0.3 is 5.11 Å². The van der Waals surface area contributed by atoms with Crippen molar-refractivity contribution in [3.63, 3.8) is 0 Å². The lowest BCUT2D eigenvalue weighted by Gasteiger charge is -2.11. The summed E-state index contributed by atoms with van der Waals surface area (Å²) in [5, 5.41) is 19.3. The summed E-state index contributed by atoms with van der Waals surface area (Å²) in [6.07, 6.45) is 1.35. The lowest BCUT2D eigenvalue weighted by Crippen LogP contribution is -1.99. The molecule has 2 heteroatoms. The Kier molecular flexibility index (Phi) is 4.44. The number of fused-ring (bicyclic) bond motifs is 6. The van der Waals surface area contributed by atoms with Gasteiger partial charge in [0.05, 0.1) is 0 Å². The molecule has 1 N–H and O–H groups in total. The maximum atomic E-state index is 13.4. The van der Waals surface area contributed by atoms with Gasteiger partial charge in [-0.2, -0.15) is 0 Å². The van der Waals surface area contributed by atoms with Crippen LogP contribution in [0.3, 0.4) is 0 Å². The zero-order chi connectivity index (χ0) is 22.4. The number of hydrogen-bond donors (Lipinski definition) is 1. The Morgan fingerprint density at radius 1 is 0.515 bits per heavy atom. The fourth-order valence-corrected chi connectivity index (χ4v) is 4.80. The minimum Gasteiger partial charge on any atom is -0.507 e. The van der Waals surface area contributed by atoms with Gasteiger partial charge in [0.1, 0.15) is 5.76 Å². The molecule has 0 aliphatic heterocycles. The van der Waals surface area contributed by atoms with Crippen molar-refractivity contribution in [1.82, 2.24) is 0 Å². The van der Waals surface area contributed by atoms with E-state index >= 15 is 0 Å². The molecule has 0 amide bonds. The molecule has 33 heavy (non-hydrogen) atoms. The molecule has 0 saturated carbocycles. The Hall–Kier alpha value is -4.43. The van der Waals surface area contributed by atoms with Gasteiger partial charge in [0.15, 0.2) is 5.78 Å². The van der Waals surface area contributed by atoms with Gasteiger partial charge in [0.25, 0.3) is 0 Å². The van der Waals surface area contributed by atoms with Crippen molar-refractivity contribution in [2.24, 2.45) is 0 Å². The van der Waals surface area contributed by atoms with E-state index in [4.69, 9.17) is 0 Å². The first-order valence-corrected chi connectivity index (χ1v) is 11.0. The molecule has 0 spiro atoms. The number of ketones is 1. The third-order valence-corrected chi connectivity index (χ3v) is 6.35. The predicted molar refractivity (Wildman–Crippen MR) is 138 cm³/mol. The van der Waals surface area contributed by atoms with Crippen LogP contribution in [-0.4, -0.2) is 10.9 Å². The molecule has 0 aromatic heterocycles. The van der Waals surface area contributed by atoms with Crippen molar-refractivity contribution in [3.8, 4) is 0 Å². The number of benzene rings is 6. The largest absolute Gasteiger partial charge is 0.507 e. The smallest absolute Gasteiger partial charge is 0.190 e. The van der Waals surface area contributed by atoms with E-state index in [9.17, 15) is 9.90 Å². The van der Waals surface area contributed by atoms with E-state index in [1.54, 1.807) is 0 Å². The van der Waals surface area contributed by atoms with E-state index in [0.717, 1.165) is 43.1 Å². The first-order valence-electron chi connectivity index (χ1n) is 11.0. The Balaban J connectivity index is 1.55. The second-order valence-corrected chi connectivity index (χ2v) is 8.28. The molecule has 0 atom stereocenters. The second-order valence-electron chi connectivity index (χ2n) is 8.28. The maximum Gasteiger partial charge on any atom is 0.190 e. The number of hydrogen-bond acceptors (Lipinski definition) is 2. The second kappa shape index (κ2) is 7.61. The summed E-state index contributed by atoms with van der Waals surface area (Å²) in [4.78, 5) is 13.4. The average Bonchev–Trinajstić information content (AvgIpc) is 2.87. The molecule has 0 aliphatic carbocycles. The van der Waals surface area contributed by atoms with Gasteiger partial charge in [-0.05, 0) is 55.2 Å². The van der Waals surface area contributed by atoms with E-state index in [0.29, 0.717) is 11.1 Å². The van der Waals surface area contributed by atoms with Crippen molar-refractivity contribution >= 4 is 54.6 Å². The van der Waals surface area contributed by atoms with Gasteiger partial charge in [-0.15, -0.1) is 0 Å². The summed E-state index contributed by atoms with van der Waals surface area (Å²) >= 11 is 0. The van der Waals surface area contributed by atoms with Crippen LogP contribution >= 0.6 is 0 Å². The highest BCUT2D eigenvalue weighted by Crippen LogP contribution is 2.33. The molecule has 0 unspecified atom stereocenters. The third kappa shape index (κ3) is 3.16. The van der Waals surface area contributed by atoms with Gasteiger partial charge in [-0.3, -0.25) is 4.79 Å². The van der Waals surface area contributed by atoms with Crippen LogP contribution in [0.5, 0.6) is 0 Å². The summed E-state index contributed by atoms with van der Waals surface area (Å²) < 4.78 is 0. The fraction of sp³-hybridized carbons (Fsp3) is 0. The highest BCUT2D eigenvalue weighted by atomic mass is 16.3. The van der Waals surface area contributed by atoms with Crippen LogP contribution in [0.15, 0.2) is 115 Å². The van der Waals surface area contributed by atoms with Gasteiger partial charge in [0.2, 0.25) is 0 Å². The molecule has 6 aromatic rings. The topological polar surface area (TPSA) is 37.3 Å². The molecular weight excluding hydrogens is 404 g/mol. The Morgan fingerprint density at radius 2 is 0.909 bits per heavy atom. The van der Waals surface area contributed by atoms with Crippen molar-refractivity contribution in [2.75, 3.05) is 0 Å². The number of allylic oxidation sites excluding steroid dienone is 1. The molecule has 6 rings (SSSR count). The molecule has 156 valence electrons. The monoisotopic (exact) mass is 424 g/mol. The van der Waals surface area contributed by atoms with E-state index in [1.807, 2.05) is 97.1 Å². The van der Waals surface area contributed by atoms with Crippen LogP contribution in [0.2, 0.25) is 0 Å². The zero-order valence-corrected chi connectivity index (χ0v) is 17.8. The summed E-state index contributed by atoms with van der Waals surface area (Å²) in [5.41, 5.74) is 1.24. The Morgan fingerprint density at radius 3 is 1.45 bits per heavy atom. The van der Waals surface area contributed by atoms with Gasteiger partial charge in [-0.1, -0.05) is 97.1 Å². The van der Waals surface area contributed by atoms with E-state index in [1.165, 1.54) is 6.08 Å². The maximum absolute atomic E-state index is 13.4. The van der Waals surface area contributed by atoms with Crippen LogP contribution in [-0.2, 0) is 0 Å². The molecule has 0 aliphatic rings. The molecule has 0 radical (unpaired) electrons. The average molecular weight is 424 g/mol. The minimum absolute atomic E-state index is 0.0285. The summed E-state index contributed by atoms with van der Waals surface area (Å²) in [7, 11) is 0. The summed E-state index contributed by atoms with van der Waals surface area (Å²) in [5.74, 6) is -0.245. The van der Waals surface area contributed by atoms with Crippen LogP contribution in [0.25, 0.3) is 48.8 Å². The van der Waals surface area contributed by atoms with Gasteiger partial charge >= 0.3 is 0 Å². The molecule has 0 fully saturated rings. The summed E-state index contributed by atoms with van der Waals surface area (Å²) in [6, 6.07) is 35.9. The Bertz CT molecular complexity index is 1740. The first kappa shape index (κ1) is 19.3. The SMILES string of the molecule is O=C(/C=C(\O)c1cc2ccccc2c2ccccc12)c1cc2ccccc2c2ccccc12. The van der Waals surface area contributed by atoms with Crippen molar-refractivity contribution in [2.45, 2.75) is 0 Å². The number of carbonyl (C=O) groups is 1. The van der Waals surface area contributed by atoms with Gasteiger partial charge in [0, 0.05) is 17.2 Å². The van der Waals surface area contributed by atoms with Crippen LogP contribution in [0.1, 0.15) is 15.9 Å². The molecular formula is C31H20O2. The number of rotatable bonds is 3. The van der Waals surface area contributed by atoms with Gasteiger partial charge in [-0.25, -0.2) is 0 Å². The van der Waals surface area contributed by atoms with Crippen molar-refractivity contribution < 1.29 is 9.90 Å². The third-order valence-electron chi connectivity index (χ3n) is 6.35. The van der Waals surface area contributed by atoms with Crippen molar-refractivity contribution in [1.29, 1.82) is 0 Å². The normalized spacial score (nSPS) is 12.1. The molecule has 2 nitrogen and oxygen atoms in total. The van der Waals surface area contributed by atoms with E-state index in [-0.39, 0.29) is 11.5 Å². The fourth-order valence-electron chi connectivity index (χ4n) is 4.80. The first-order chi connectivity index (χ1) is 16.2. The molecule has 0 saturated heterocycles. The lowest BCUT2D eigenvalue weighted by atomic mass is 9.93. The lowest BCUT2D eigenvalue weighted by molar-refractivity contribution is 0.104. The standard InChI is InChI=1S/C31H20O2/c32-30(28-17-20-9-1-3-11-22(20)24-13-5-7-15-26(24)28)19-31(33)29-18-21-10-2-4-12-23(21)25-14-6-8-16-27(25)29/h1-19,32H/b30-19-. The number of carbonyl (C=O) groups excluding carboxylic acids is 1. The van der Waals surface area contributed by atoms with E-state index < -0.39 is 0 Å². The highest BCUT2D eigenvalue weighted by Gasteiger charge is 2.15. The number of aliphatic hydroxyl groups excluding tert-OH is 1. The van der Waals surface area contributed by atoms with Crippen LogP contribution < -0.4 is 0 Å². The van der Waals surface area contributed by atoms with E-state index in [2.05, 4.69) is 12.1 Å². The minimum atomic E-state index is -0.216. The van der Waals surface area contributed by atoms with Crippen LogP contribution in [0.4, 0.5) is 0 Å².